The van der Waals surface area contributed by atoms with Gasteiger partial charge >= 0.3 is 0 Å². The SMILES string of the molecule is COc1ccc2c(=O)c(C(=O)N(C)CC3COc4ccccc4O3)c[nH]c2c1. The number of likely N-dealkylation sites (N-methyl/N-ethyl adjacent to an activating group) is 1. The van der Waals surface area contributed by atoms with Crippen LogP contribution in [0.15, 0.2) is 53.5 Å². The van der Waals surface area contributed by atoms with Crippen molar-refractivity contribution in [2.45, 2.75) is 6.10 Å². The Hall–Kier alpha value is -3.48. The highest BCUT2D eigenvalue weighted by Crippen LogP contribution is 2.31. The summed E-state index contributed by atoms with van der Waals surface area (Å²) in [5.74, 6) is 1.60. The second kappa shape index (κ2) is 7.26. The molecule has 7 nitrogen and oxygen atoms in total. The third-order valence-corrected chi connectivity index (χ3v) is 4.71. The van der Waals surface area contributed by atoms with Crippen LogP contribution in [0.25, 0.3) is 10.9 Å². The Labute approximate surface area is 161 Å². The van der Waals surface area contributed by atoms with Gasteiger partial charge in [-0.3, -0.25) is 9.59 Å². The lowest BCUT2D eigenvalue weighted by Crippen LogP contribution is -2.42. The average molecular weight is 380 g/mol. The number of rotatable bonds is 4. The van der Waals surface area contributed by atoms with Crippen LogP contribution in [0.1, 0.15) is 10.4 Å². The summed E-state index contributed by atoms with van der Waals surface area (Å²) < 4.78 is 16.7. The molecule has 1 amide bonds. The number of amides is 1. The lowest BCUT2D eigenvalue weighted by molar-refractivity contribution is 0.0520. The Morgan fingerprint density at radius 2 is 2.04 bits per heavy atom. The minimum Gasteiger partial charge on any atom is -0.497 e. The number of nitrogens with zero attached hydrogens (tertiary/aromatic N) is 1. The third-order valence-electron chi connectivity index (χ3n) is 4.71. The van der Waals surface area contributed by atoms with E-state index in [1.807, 2.05) is 24.3 Å². The van der Waals surface area contributed by atoms with Crippen LogP contribution in [-0.4, -0.2) is 49.2 Å². The van der Waals surface area contributed by atoms with Crippen LogP contribution in [0, 0.1) is 0 Å². The molecule has 2 heterocycles. The summed E-state index contributed by atoms with van der Waals surface area (Å²) in [7, 11) is 3.20. The van der Waals surface area contributed by atoms with Crippen LogP contribution < -0.4 is 19.6 Å². The van der Waals surface area contributed by atoms with Crippen molar-refractivity contribution in [3.05, 3.63) is 64.4 Å². The van der Waals surface area contributed by atoms with E-state index in [-0.39, 0.29) is 23.0 Å². The Kier molecular flexibility index (Phi) is 4.65. The molecule has 0 aliphatic carbocycles. The summed E-state index contributed by atoms with van der Waals surface area (Å²) in [5, 5.41) is 0.436. The fourth-order valence-corrected chi connectivity index (χ4v) is 3.23. The van der Waals surface area contributed by atoms with E-state index in [0.717, 1.165) is 0 Å². The molecule has 1 aromatic heterocycles. The molecule has 0 spiro atoms. The summed E-state index contributed by atoms with van der Waals surface area (Å²) in [5.41, 5.74) is 0.376. The normalized spacial score (nSPS) is 15.3. The number of H-pyrrole nitrogens is 1. The molecule has 0 fully saturated rings. The first-order valence-electron chi connectivity index (χ1n) is 8.90. The molecule has 7 heteroatoms. The van der Waals surface area contributed by atoms with Gasteiger partial charge in [-0.25, -0.2) is 0 Å². The zero-order valence-corrected chi connectivity index (χ0v) is 15.6. The summed E-state index contributed by atoms with van der Waals surface area (Å²) in [6, 6.07) is 12.5. The number of carbonyl (C=O) groups excluding carboxylic acids is 1. The van der Waals surface area contributed by atoms with Crippen molar-refractivity contribution in [1.82, 2.24) is 9.88 Å². The molecule has 0 saturated carbocycles. The van der Waals surface area contributed by atoms with Crippen LogP contribution in [0.3, 0.4) is 0 Å². The van der Waals surface area contributed by atoms with Gasteiger partial charge in [0, 0.05) is 24.7 Å². The number of pyridine rings is 1. The second-order valence-corrected chi connectivity index (χ2v) is 6.63. The Bertz CT molecular complexity index is 1090. The average Bonchev–Trinajstić information content (AvgIpc) is 2.73. The number of benzene rings is 2. The van der Waals surface area contributed by atoms with Gasteiger partial charge in [-0.05, 0) is 24.3 Å². The zero-order chi connectivity index (χ0) is 19.7. The van der Waals surface area contributed by atoms with E-state index >= 15 is 0 Å². The fourth-order valence-electron chi connectivity index (χ4n) is 3.23. The summed E-state index contributed by atoms with van der Waals surface area (Å²) in [6.07, 6.45) is 1.13. The van der Waals surface area contributed by atoms with Crippen molar-refractivity contribution in [2.24, 2.45) is 0 Å². The Balaban J connectivity index is 1.53. The van der Waals surface area contributed by atoms with Gasteiger partial charge in [-0.1, -0.05) is 12.1 Å². The van der Waals surface area contributed by atoms with Crippen molar-refractivity contribution < 1.29 is 19.0 Å². The number of hydrogen-bond acceptors (Lipinski definition) is 5. The van der Waals surface area contributed by atoms with Gasteiger partial charge in [-0.2, -0.15) is 0 Å². The van der Waals surface area contributed by atoms with Gasteiger partial charge in [-0.15, -0.1) is 0 Å². The van der Waals surface area contributed by atoms with E-state index in [1.54, 1.807) is 32.4 Å². The maximum Gasteiger partial charge on any atom is 0.259 e. The van der Waals surface area contributed by atoms with Crippen molar-refractivity contribution in [1.29, 1.82) is 0 Å². The zero-order valence-electron chi connectivity index (χ0n) is 15.6. The number of nitrogens with one attached hydrogen (secondary N) is 1. The third kappa shape index (κ3) is 3.26. The molecule has 28 heavy (non-hydrogen) atoms. The first kappa shape index (κ1) is 17.9. The highest BCUT2D eigenvalue weighted by molar-refractivity contribution is 5.97. The van der Waals surface area contributed by atoms with Gasteiger partial charge in [0.25, 0.3) is 5.91 Å². The van der Waals surface area contributed by atoms with E-state index < -0.39 is 0 Å². The summed E-state index contributed by atoms with van der Waals surface area (Å²) >= 11 is 0. The summed E-state index contributed by atoms with van der Waals surface area (Å²) in [4.78, 5) is 30.1. The number of aromatic nitrogens is 1. The molecule has 1 N–H and O–H groups in total. The van der Waals surface area contributed by atoms with Crippen LogP contribution in [0.4, 0.5) is 0 Å². The number of aromatic amines is 1. The minimum atomic E-state index is -0.374. The van der Waals surface area contributed by atoms with Gasteiger partial charge in [0.05, 0.1) is 19.2 Å². The molecule has 1 atom stereocenters. The number of methoxy groups -OCH3 is 1. The topological polar surface area (TPSA) is 80.9 Å². The predicted molar refractivity (Wildman–Crippen MR) is 104 cm³/mol. The van der Waals surface area contributed by atoms with Gasteiger partial charge in [0.2, 0.25) is 5.43 Å². The molecule has 0 bridgehead atoms. The lowest BCUT2D eigenvalue weighted by atomic mass is 10.1. The standard InChI is InChI=1S/C21H20N2O5/c1-23(11-14-12-27-18-5-3-4-6-19(18)28-14)21(25)16-10-22-17-9-13(26-2)7-8-15(17)20(16)24/h3-10,14H,11-12H2,1-2H3,(H,22,24). The Morgan fingerprint density at radius 3 is 2.82 bits per heavy atom. The molecular weight excluding hydrogens is 360 g/mol. The van der Waals surface area contributed by atoms with E-state index in [4.69, 9.17) is 14.2 Å². The quantitative estimate of drug-likeness (QED) is 0.752. The molecule has 1 aliphatic rings. The maximum absolute atomic E-state index is 12.8. The highest BCUT2D eigenvalue weighted by Gasteiger charge is 2.25. The number of hydrogen-bond donors (Lipinski definition) is 1. The largest absolute Gasteiger partial charge is 0.497 e. The minimum absolute atomic E-state index is 0.0808. The van der Waals surface area contributed by atoms with Crippen LogP contribution in [-0.2, 0) is 0 Å². The number of ether oxygens (including phenoxy) is 3. The predicted octanol–water partition coefficient (Wildman–Crippen LogP) is 2.45. The van der Waals surface area contributed by atoms with Crippen molar-refractivity contribution in [2.75, 3.05) is 27.3 Å². The number of para-hydroxylation sites is 2. The molecule has 1 unspecified atom stereocenters. The van der Waals surface area contributed by atoms with Gasteiger partial charge in [0.15, 0.2) is 17.6 Å². The highest BCUT2D eigenvalue weighted by atomic mass is 16.6. The molecule has 4 rings (SSSR count). The van der Waals surface area contributed by atoms with Crippen LogP contribution in [0.5, 0.6) is 17.2 Å². The van der Waals surface area contributed by atoms with Crippen molar-refractivity contribution in [3.63, 3.8) is 0 Å². The molecule has 0 radical (unpaired) electrons. The van der Waals surface area contributed by atoms with E-state index in [2.05, 4.69) is 4.98 Å². The van der Waals surface area contributed by atoms with Crippen molar-refractivity contribution >= 4 is 16.8 Å². The van der Waals surface area contributed by atoms with Crippen molar-refractivity contribution in [3.8, 4) is 17.2 Å². The van der Waals surface area contributed by atoms with Crippen LogP contribution >= 0.6 is 0 Å². The fraction of sp³-hybridized carbons (Fsp3) is 0.238. The monoisotopic (exact) mass is 380 g/mol. The van der Waals surface area contributed by atoms with Crippen LogP contribution in [0.2, 0.25) is 0 Å². The first-order chi connectivity index (χ1) is 13.6. The maximum atomic E-state index is 12.8. The number of carbonyl (C=O) groups is 1. The van der Waals surface area contributed by atoms with Gasteiger partial charge in [0.1, 0.15) is 17.9 Å². The second-order valence-electron chi connectivity index (χ2n) is 6.63. The molecule has 2 aromatic carbocycles. The molecule has 3 aromatic rings. The van der Waals surface area contributed by atoms with E-state index in [0.29, 0.717) is 41.3 Å². The molecular formula is C21H20N2O5. The molecule has 144 valence electrons. The lowest BCUT2D eigenvalue weighted by Gasteiger charge is -2.29. The summed E-state index contributed by atoms with van der Waals surface area (Å²) in [6.45, 7) is 0.635. The van der Waals surface area contributed by atoms with E-state index in [1.165, 1.54) is 11.1 Å². The van der Waals surface area contributed by atoms with E-state index in [9.17, 15) is 9.59 Å². The molecule has 1 aliphatic heterocycles. The number of fused-ring (bicyclic) bond motifs is 2. The van der Waals surface area contributed by atoms with Gasteiger partial charge < -0.3 is 24.1 Å². The smallest absolute Gasteiger partial charge is 0.259 e. The Morgan fingerprint density at radius 1 is 1.25 bits per heavy atom. The first-order valence-corrected chi connectivity index (χ1v) is 8.90. The molecule has 0 saturated heterocycles.